The molecule has 2 rings (SSSR count). The largest absolute Gasteiger partial charge is 0.477 e. The summed E-state index contributed by atoms with van der Waals surface area (Å²) in [5.74, 6) is 0.0446. The molecule has 0 saturated heterocycles. The highest BCUT2D eigenvalue weighted by Gasteiger charge is 2.11. The second kappa shape index (κ2) is 10.0. The van der Waals surface area contributed by atoms with Crippen molar-refractivity contribution < 1.29 is 9.53 Å². The van der Waals surface area contributed by atoms with E-state index >= 15 is 0 Å². The van der Waals surface area contributed by atoms with Crippen molar-refractivity contribution >= 4 is 27.7 Å². The maximum atomic E-state index is 12.3. The molecule has 4 heteroatoms. The zero-order chi connectivity index (χ0) is 18.1. The summed E-state index contributed by atoms with van der Waals surface area (Å²) in [6.07, 6.45) is 0. The first-order valence-electron chi connectivity index (χ1n) is 8.09. The Balaban J connectivity index is 0.00000139. The van der Waals surface area contributed by atoms with Crippen LogP contribution in [0.1, 0.15) is 47.8 Å². The molecule has 0 saturated carbocycles. The summed E-state index contributed by atoms with van der Waals surface area (Å²) < 4.78 is 6.42. The Morgan fingerprint density at radius 1 is 1.04 bits per heavy atom. The first kappa shape index (κ1) is 20.1. The predicted octanol–water partition coefficient (Wildman–Crippen LogP) is 5.72. The lowest BCUT2D eigenvalue weighted by molar-refractivity contribution is 0.0999. The standard InChI is InChI=1S/C18H18BrNO2.C2H6/c1-4-22-18(15-9-12(2)8-13(3)10-15)20-17(21)14-6-5-7-16(19)11-14;1-2/h5-11H,4H2,1-3H3;1-2H3. The molecule has 0 radical (unpaired) electrons. The maximum Gasteiger partial charge on any atom is 0.280 e. The molecule has 0 unspecified atom stereocenters. The van der Waals surface area contributed by atoms with E-state index in [1.54, 1.807) is 12.1 Å². The van der Waals surface area contributed by atoms with Crippen molar-refractivity contribution in [1.82, 2.24) is 0 Å². The van der Waals surface area contributed by atoms with Crippen molar-refractivity contribution in [2.24, 2.45) is 4.99 Å². The van der Waals surface area contributed by atoms with Crippen LogP contribution in [0.25, 0.3) is 0 Å². The minimum absolute atomic E-state index is 0.316. The lowest BCUT2D eigenvalue weighted by Gasteiger charge is -2.09. The van der Waals surface area contributed by atoms with Crippen molar-refractivity contribution in [3.63, 3.8) is 0 Å². The number of benzene rings is 2. The molecule has 1 amide bonds. The van der Waals surface area contributed by atoms with Crippen molar-refractivity contribution in [3.05, 3.63) is 69.2 Å². The molecule has 2 aromatic rings. The highest BCUT2D eigenvalue weighted by molar-refractivity contribution is 9.10. The summed E-state index contributed by atoms with van der Waals surface area (Å²) >= 11 is 3.36. The van der Waals surface area contributed by atoms with Crippen LogP contribution in [0, 0.1) is 13.8 Å². The van der Waals surface area contributed by atoms with E-state index in [1.165, 1.54) is 0 Å². The van der Waals surface area contributed by atoms with Gasteiger partial charge in [-0.05, 0) is 51.1 Å². The average molecular weight is 390 g/mol. The Labute approximate surface area is 152 Å². The summed E-state index contributed by atoms with van der Waals surface area (Å²) in [6.45, 7) is 10.4. The van der Waals surface area contributed by atoms with E-state index in [2.05, 4.69) is 27.0 Å². The topological polar surface area (TPSA) is 38.7 Å². The van der Waals surface area contributed by atoms with E-state index in [4.69, 9.17) is 4.74 Å². The zero-order valence-electron chi connectivity index (χ0n) is 14.9. The van der Waals surface area contributed by atoms with Crippen LogP contribution in [-0.2, 0) is 4.74 Å². The van der Waals surface area contributed by atoms with Crippen LogP contribution in [0.15, 0.2) is 51.9 Å². The second-order valence-corrected chi connectivity index (χ2v) is 5.96. The van der Waals surface area contributed by atoms with Gasteiger partial charge in [0.25, 0.3) is 5.91 Å². The number of carbonyl (C=O) groups excluding carboxylic acids is 1. The van der Waals surface area contributed by atoms with Crippen LogP contribution in [0.2, 0.25) is 0 Å². The summed E-state index contributed by atoms with van der Waals surface area (Å²) in [6, 6.07) is 13.2. The fraction of sp³-hybridized carbons (Fsp3) is 0.300. The number of carbonyl (C=O) groups is 1. The van der Waals surface area contributed by atoms with E-state index < -0.39 is 0 Å². The number of hydrogen-bond donors (Lipinski definition) is 0. The van der Waals surface area contributed by atoms with Crippen LogP contribution in [-0.4, -0.2) is 18.4 Å². The second-order valence-electron chi connectivity index (χ2n) is 5.04. The minimum Gasteiger partial charge on any atom is -0.477 e. The molecule has 24 heavy (non-hydrogen) atoms. The van der Waals surface area contributed by atoms with Crippen molar-refractivity contribution in [2.75, 3.05) is 6.61 Å². The highest BCUT2D eigenvalue weighted by Crippen LogP contribution is 2.15. The van der Waals surface area contributed by atoms with Gasteiger partial charge >= 0.3 is 0 Å². The van der Waals surface area contributed by atoms with Gasteiger partial charge in [-0.25, -0.2) is 0 Å². The van der Waals surface area contributed by atoms with E-state index in [1.807, 2.05) is 58.9 Å². The third-order valence-electron chi connectivity index (χ3n) is 3.02. The SMILES string of the molecule is CC.CCOC(=NC(=O)c1cccc(Br)c1)c1cc(C)cc(C)c1. The quantitative estimate of drug-likeness (QED) is 0.497. The Kier molecular flexibility index (Phi) is 8.41. The van der Waals surface area contributed by atoms with Gasteiger partial charge in [0.15, 0.2) is 0 Å². The lowest BCUT2D eigenvalue weighted by atomic mass is 10.1. The van der Waals surface area contributed by atoms with Crippen LogP contribution < -0.4 is 0 Å². The zero-order valence-corrected chi connectivity index (χ0v) is 16.5. The molecular formula is C20H24BrNO2. The molecule has 0 bridgehead atoms. The normalized spacial score (nSPS) is 10.7. The summed E-state index contributed by atoms with van der Waals surface area (Å²) in [7, 11) is 0. The van der Waals surface area contributed by atoms with Crippen LogP contribution in [0.5, 0.6) is 0 Å². The van der Waals surface area contributed by atoms with E-state index in [0.717, 1.165) is 21.2 Å². The molecule has 0 N–H and O–H groups in total. The molecule has 128 valence electrons. The smallest absolute Gasteiger partial charge is 0.280 e. The Bertz CT molecular complexity index is 703. The molecule has 0 spiro atoms. The van der Waals surface area contributed by atoms with Gasteiger partial charge < -0.3 is 4.74 Å². The predicted molar refractivity (Wildman–Crippen MR) is 104 cm³/mol. The maximum absolute atomic E-state index is 12.3. The summed E-state index contributed by atoms with van der Waals surface area (Å²) in [4.78, 5) is 16.5. The van der Waals surface area contributed by atoms with E-state index in [9.17, 15) is 4.79 Å². The number of aliphatic imine (C=N–C) groups is 1. The minimum atomic E-state index is -0.316. The van der Waals surface area contributed by atoms with Gasteiger partial charge in [0.05, 0.1) is 6.61 Å². The van der Waals surface area contributed by atoms with Gasteiger partial charge in [-0.3, -0.25) is 4.79 Å². The fourth-order valence-electron chi connectivity index (χ4n) is 2.19. The molecule has 2 aromatic carbocycles. The third kappa shape index (κ3) is 5.93. The Morgan fingerprint density at radius 2 is 1.67 bits per heavy atom. The summed E-state index contributed by atoms with van der Waals surface area (Å²) in [5.41, 5.74) is 3.56. The number of ether oxygens (including phenoxy) is 1. The number of nitrogens with zero attached hydrogens (tertiary/aromatic N) is 1. The van der Waals surface area contributed by atoms with Gasteiger partial charge in [-0.1, -0.05) is 53.0 Å². The van der Waals surface area contributed by atoms with Crippen LogP contribution >= 0.6 is 15.9 Å². The van der Waals surface area contributed by atoms with Gasteiger partial charge in [0.1, 0.15) is 0 Å². The van der Waals surface area contributed by atoms with Crippen LogP contribution in [0.4, 0.5) is 0 Å². The van der Waals surface area contributed by atoms with Gasteiger partial charge in [0, 0.05) is 15.6 Å². The third-order valence-corrected chi connectivity index (χ3v) is 3.52. The van der Waals surface area contributed by atoms with Crippen molar-refractivity contribution in [2.45, 2.75) is 34.6 Å². The molecule has 0 aliphatic rings. The van der Waals surface area contributed by atoms with Gasteiger partial charge in [0.2, 0.25) is 5.90 Å². The average Bonchev–Trinajstić information content (AvgIpc) is 2.55. The van der Waals surface area contributed by atoms with Crippen LogP contribution in [0.3, 0.4) is 0 Å². The molecule has 0 aliphatic carbocycles. The number of rotatable bonds is 3. The highest BCUT2D eigenvalue weighted by atomic mass is 79.9. The molecule has 3 nitrogen and oxygen atoms in total. The van der Waals surface area contributed by atoms with E-state index in [0.29, 0.717) is 18.1 Å². The molecular weight excluding hydrogens is 366 g/mol. The monoisotopic (exact) mass is 389 g/mol. The number of amides is 1. The summed E-state index contributed by atoms with van der Waals surface area (Å²) in [5, 5.41) is 0. The number of halogens is 1. The Hall–Kier alpha value is -1.94. The number of hydrogen-bond acceptors (Lipinski definition) is 2. The first-order chi connectivity index (χ1) is 11.5. The lowest BCUT2D eigenvalue weighted by Crippen LogP contribution is -2.11. The first-order valence-corrected chi connectivity index (χ1v) is 8.89. The number of aryl methyl sites for hydroxylation is 2. The Morgan fingerprint density at radius 3 is 2.21 bits per heavy atom. The molecule has 0 fully saturated rings. The van der Waals surface area contributed by atoms with Gasteiger partial charge in [-0.2, -0.15) is 4.99 Å². The molecule has 0 aliphatic heterocycles. The van der Waals surface area contributed by atoms with Crippen molar-refractivity contribution in [3.8, 4) is 0 Å². The van der Waals surface area contributed by atoms with Gasteiger partial charge in [-0.15, -0.1) is 0 Å². The molecule has 0 aromatic heterocycles. The van der Waals surface area contributed by atoms with Crippen molar-refractivity contribution in [1.29, 1.82) is 0 Å². The van der Waals surface area contributed by atoms with E-state index in [-0.39, 0.29) is 5.91 Å². The fourth-order valence-corrected chi connectivity index (χ4v) is 2.59. The molecule has 0 heterocycles. The molecule has 0 atom stereocenters.